The van der Waals surface area contributed by atoms with Crippen LogP contribution in [0.15, 0.2) is 24.3 Å². The number of ether oxygens (including phenoxy) is 1. The minimum absolute atomic E-state index is 0.0608. The van der Waals surface area contributed by atoms with Gasteiger partial charge in [0.15, 0.2) is 0 Å². The minimum atomic E-state index is -0.968. The van der Waals surface area contributed by atoms with Gasteiger partial charge in [-0.15, -0.1) is 0 Å². The first-order chi connectivity index (χ1) is 10.2. The van der Waals surface area contributed by atoms with Crippen molar-refractivity contribution in [3.63, 3.8) is 0 Å². The standard InChI is InChI=1S/C16H24N2O4/c1-16(2,3)13(22-4)10-18-15(21)17-9-11-5-7-12(8-6-11)14(19)20/h5-8,13H,9-10H2,1-4H3,(H,19,20)(H2,17,18,21). The number of carbonyl (C=O) groups excluding carboxylic acids is 1. The lowest BCUT2D eigenvalue weighted by atomic mass is 9.89. The second kappa shape index (κ2) is 7.79. The fourth-order valence-electron chi connectivity index (χ4n) is 1.94. The van der Waals surface area contributed by atoms with Crippen molar-refractivity contribution in [1.82, 2.24) is 10.6 Å². The third-order valence-electron chi connectivity index (χ3n) is 3.35. The van der Waals surface area contributed by atoms with E-state index in [1.807, 2.05) is 20.8 Å². The van der Waals surface area contributed by atoms with Gasteiger partial charge in [-0.1, -0.05) is 32.9 Å². The number of amides is 2. The number of nitrogens with one attached hydrogen (secondary N) is 2. The van der Waals surface area contributed by atoms with Crippen molar-refractivity contribution >= 4 is 12.0 Å². The fourth-order valence-corrected chi connectivity index (χ4v) is 1.94. The van der Waals surface area contributed by atoms with Crippen LogP contribution in [0.5, 0.6) is 0 Å². The van der Waals surface area contributed by atoms with E-state index in [-0.39, 0.29) is 23.1 Å². The van der Waals surface area contributed by atoms with E-state index in [0.29, 0.717) is 13.1 Å². The van der Waals surface area contributed by atoms with Gasteiger partial charge in [-0.05, 0) is 23.1 Å². The van der Waals surface area contributed by atoms with Crippen LogP contribution >= 0.6 is 0 Å². The van der Waals surface area contributed by atoms with Gasteiger partial charge in [0.2, 0.25) is 0 Å². The van der Waals surface area contributed by atoms with E-state index in [2.05, 4.69) is 10.6 Å². The van der Waals surface area contributed by atoms with Crippen LogP contribution in [0.25, 0.3) is 0 Å². The summed E-state index contributed by atoms with van der Waals surface area (Å²) in [4.78, 5) is 22.5. The van der Waals surface area contributed by atoms with Crippen LogP contribution < -0.4 is 10.6 Å². The summed E-state index contributed by atoms with van der Waals surface area (Å²) >= 11 is 0. The van der Waals surface area contributed by atoms with E-state index in [0.717, 1.165) is 5.56 Å². The highest BCUT2D eigenvalue weighted by Gasteiger charge is 2.24. The summed E-state index contributed by atoms with van der Waals surface area (Å²) in [5.41, 5.74) is 0.995. The Morgan fingerprint density at radius 2 is 1.77 bits per heavy atom. The van der Waals surface area contributed by atoms with Gasteiger partial charge in [-0.3, -0.25) is 0 Å². The predicted octanol–water partition coefficient (Wildman–Crippen LogP) is 2.25. The highest BCUT2D eigenvalue weighted by atomic mass is 16.5. The molecular formula is C16H24N2O4. The normalized spacial score (nSPS) is 12.5. The quantitative estimate of drug-likeness (QED) is 0.752. The summed E-state index contributed by atoms with van der Waals surface area (Å²) in [6.07, 6.45) is -0.0758. The Balaban J connectivity index is 2.41. The first kappa shape index (κ1) is 18.0. The lowest BCUT2D eigenvalue weighted by molar-refractivity contribution is 0.0194. The second-order valence-electron chi connectivity index (χ2n) is 6.16. The van der Waals surface area contributed by atoms with E-state index in [1.165, 1.54) is 12.1 Å². The highest BCUT2D eigenvalue weighted by molar-refractivity contribution is 5.87. The number of carboxylic acid groups (broad SMARTS) is 1. The Morgan fingerprint density at radius 3 is 2.23 bits per heavy atom. The van der Waals surface area contributed by atoms with Crippen molar-refractivity contribution < 1.29 is 19.4 Å². The second-order valence-corrected chi connectivity index (χ2v) is 6.16. The molecule has 0 heterocycles. The van der Waals surface area contributed by atoms with Gasteiger partial charge in [0.1, 0.15) is 0 Å². The monoisotopic (exact) mass is 308 g/mol. The number of hydrogen-bond acceptors (Lipinski definition) is 3. The molecule has 0 aliphatic heterocycles. The molecule has 1 rings (SSSR count). The van der Waals surface area contributed by atoms with Crippen molar-refractivity contribution in [2.45, 2.75) is 33.4 Å². The molecule has 0 radical (unpaired) electrons. The van der Waals surface area contributed by atoms with E-state index < -0.39 is 5.97 Å². The zero-order valence-corrected chi connectivity index (χ0v) is 13.5. The molecule has 122 valence electrons. The minimum Gasteiger partial charge on any atom is -0.478 e. The third kappa shape index (κ3) is 5.73. The van der Waals surface area contributed by atoms with Crippen molar-refractivity contribution in [3.05, 3.63) is 35.4 Å². The Bertz CT molecular complexity index is 506. The lowest BCUT2D eigenvalue weighted by Gasteiger charge is -2.29. The van der Waals surface area contributed by atoms with Crippen molar-refractivity contribution in [1.29, 1.82) is 0 Å². The number of rotatable bonds is 6. The maximum atomic E-state index is 11.8. The average molecular weight is 308 g/mol. The van der Waals surface area contributed by atoms with Crippen LogP contribution in [-0.4, -0.2) is 36.9 Å². The number of aromatic carboxylic acids is 1. The topological polar surface area (TPSA) is 87.7 Å². The summed E-state index contributed by atoms with van der Waals surface area (Å²) < 4.78 is 5.37. The third-order valence-corrected chi connectivity index (χ3v) is 3.35. The molecule has 6 heteroatoms. The van der Waals surface area contributed by atoms with Gasteiger partial charge >= 0.3 is 12.0 Å². The molecule has 0 saturated carbocycles. The largest absolute Gasteiger partial charge is 0.478 e. The van der Waals surface area contributed by atoms with Crippen LogP contribution in [0.1, 0.15) is 36.7 Å². The summed E-state index contributed by atoms with van der Waals surface area (Å²) in [6.45, 7) is 6.89. The predicted molar refractivity (Wildman–Crippen MR) is 83.9 cm³/mol. The van der Waals surface area contributed by atoms with E-state index >= 15 is 0 Å². The Morgan fingerprint density at radius 1 is 1.18 bits per heavy atom. The average Bonchev–Trinajstić information content (AvgIpc) is 2.44. The first-order valence-electron chi connectivity index (χ1n) is 7.10. The first-order valence-corrected chi connectivity index (χ1v) is 7.10. The molecule has 0 fully saturated rings. The van der Waals surface area contributed by atoms with Gasteiger partial charge in [0.05, 0.1) is 11.7 Å². The molecule has 1 unspecified atom stereocenters. The van der Waals surface area contributed by atoms with Crippen molar-refractivity contribution in [2.24, 2.45) is 5.41 Å². The van der Waals surface area contributed by atoms with Crippen molar-refractivity contribution in [2.75, 3.05) is 13.7 Å². The number of methoxy groups -OCH3 is 1. The molecule has 0 aromatic heterocycles. The van der Waals surface area contributed by atoms with Gasteiger partial charge < -0.3 is 20.5 Å². The van der Waals surface area contributed by atoms with Gasteiger partial charge in [-0.2, -0.15) is 0 Å². The number of urea groups is 1. The zero-order valence-electron chi connectivity index (χ0n) is 13.5. The van der Waals surface area contributed by atoms with Crippen LogP contribution in [0.4, 0.5) is 4.79 Å². The molecule has 22 heavy (non-hydrogen) atoms. The van der Waals surface area contributed by atoms with E-state index in [9.17, 15) is 9.59 Å². The van der Waals surface area contributed by atoms with Crippen LogP contribution in [-0.2, 0) is 11.3 Å². The Kier molecular flexibility index (Phi) is 6.37. The number of carboxylic acids is 1. The maximum absolute atomic E-state index is 11.8. The van der Waals surface area contributed by atoms with Gasteiger partial charge in [0, 0.05) is 20.2 Å². The van der Waals surface area contributed by atoms with Gasteiger partial charge in [-0.25, -0.2) is 9.59 Å². The summed E-state index contributed by atoms with van der Waals surface area (Å²) in [6, 6.07) is 6.09. The molecule has 1 atom stereocenters. The highest BCUT2D eigenvalue weighted by Crippen LogP contribution is 2.20. The Labute approximate surface area is 130 Å². The summed E-state index contributed by atoms with van der Waals surface area (Å²) in [7, 11) is 1.62. The molecule has 0 aliphatic rings. The fraction of sp³-hybridized carbons (Fsp3) is 0.500. The molecule has 1 aromatic rings. The molecule has 6 nitrogen and oxygen atoms in total. The van der Waals surface area contributed by atoms with Crippen LogP contribution in [0, 0.1) is 5.41 Å². The summed E-state index contributed by atoms with van der Waals surface area (Å²) in [5, 5.41) is 14.3. The summed E-state index contributed by atoms with van der Waals surface area (Å²) in [5.74, 6) is -0.968. The van der Waals surface area contributed by atoms with E-state index in [4.69, 9.17) is 9.84 Å². The number of benzene rings is 1. The molecule has 0 saturated heterocycles. The van der Waals surface area contributed by atoms with Crippen molar-refractivity contribution in [3.8, 4) is 0 Å². The molecule has 2 amide bonds. The molecule has 0 spiro atoms. The molecule has 3 N–H and O–H groups in total. The lowest BCUT2D eigenvalue weighted by Crippen LogP contribution is -2.44. The van der Waals surface area contributed by atoms with Gasteiger partial charge in [0.25, 0.3) is 0 Å². The molecule has 0 bridgehead atoms. The van der Waals surface area contributed by atoms with E-state index in [1.54, 1.807) is 19.2 Å². The van der Waals surface area contributed by atoms with Crippen LogP contribution in [0.2, 0.25) is 0 Å². The SMILES string of the molecule is COC(CNC(=O)NCc1ccc(C(=O)O)cc1)C(C)(C)C. The van der Waals surface area contributed by atoms with Crippen LogP contribution in [0.3, 0.4) is 0 Å². The number of hydrogen-bond donors (Lipinski definition) is 3. The molecular weight excluding hydrogens is 284 g/mol. The Hall–Kier alpha value is -2.08. The number of carbonyl (C=O) groups is 2. The smallest absolute Gasteiger partial charge is 0.335 e. The zero-order chi connectivity index (χ0) is 16.8. The molecule has 1 aromatic carbocycles. The maximum Gasteiger partial charge on any atom is 0.335 e. The molecule has 0 aliphatic carbocycles.